The van der Waals surface area contributed by atoms with E-state index in [1.807, 2.05) is 0 Å². The summed E-state index contributed by atoms with van der Waals surface area (Å²) in [5, 5.41) is 6.85. The molecule has 148 valence electrons. The average molecular weight is 423 g/mol. The second-order valence-corrected chi connectivity index (χ2v) is 6.54. The summed E-state index contributed by atoms with van der Waals surface area (Å²) in [6.45, 7) is 0. The third-order valence-corrected chi connectivity index (χ3v) is 4.41. The van der Waals surface area contributed by atoms with Crippen molar-refractivity contribution < 1.29 is 26.8 Å². The van der Waals surface area contributed by atoms with Gasteiger partial charge < -0.3 is 9.73 Å². The lowest BCUT2D eigenvalue weighted by molar-refractivity contribution is -0.137. The highest BCUT2D eigenvalue weighted by Gasteiger charge is 2.31. The number of thiazole rings is 1. The number of hydrogen-bond donors (Lipinski definition) is 2. The van der Waals surface area contributed by atoms with Crippen molar-refractivity contribution in [1.29, 1.82) is 0 Å². The summed E-state index contributed by atoms with van der Waals surface area (Å²) in [5.41, 5.74) is -0.397. The fourth-order valence-corrected chi connectivity index (χ4v) is 3.04. The number of carbonyl (C=O) groups excluding carboxylic acids is 1. The topological polar surface area (TPSA) is 92.9 Å². The van der Waals surface area contributed by atoms with E-state index in [2.05, 4.69) is 25.6 Å². The first-order chi connectivity index (χ1) is 13.8. The van der Waals surface area contributed by atoms with Crippen molar-refractivity contribution in [2.75, 3.05) is 10.6 Å². The molecular formula is C17H9F4N5O2S. The first-order valence-corrected chi connectivity index (χ1v) is 8.79. The number of carbonyl (C=O) groups is 1. The Morgan fingerprint density at radius 2 is 1.97 bits per heavy atom. The molecule has 0 aliphatic rings. The molecule has 0 aliphatic carbocycles. The first-order valence-electron chi connectivity index (χ1n) is 7.91. The van der Waals surface area contributed by atoms with Crippen LogP contribution in [0.3, 0.4) is 0 Å². The van der Waals surface area contributed by atoms with Crippen LogP contribution < -0.4 is 10.6 Å². The molecule has 3 aromatic heterocycles. The van der Waals surface area contributed by atoms with E-state index >= 15 is 0 Å². The van der Waals surface area contributed by atoms with Gasteiger partial charge in [0.05, 0.1) is 5.56 Å². The number of halogens is 4. The number of fused-ring (bicyclic) bond motifs is 1. The smallest absolute Gasteiger partial charge is 0.416 e. The number of amides is 1. The van der Waals surface area contributed by atoms with Crippen LogP contribution in [0.4, 0.5) is 34.4 Å². The fraction of sp³-hybridized carbons (Fsp3) is 0.0588. The fourth-order valence-electron chi connectivity index (χ4n) is 2.36. The van der Waals surface area contributed by atoms with Crippen LogP contribution in [0, 0.1) is 5.95 Å². The molecule has 1 amide bonds. The zero-order valence-electron chi connectivity index (χ0n) is 14.1. The molecule has 0 saturated carbocycles. The number of rotatable bonds is 4. The summed E-state index contributed by atoms with van der Waals surface area (Å²) >= 11 is 1.05. The lowest BCUT2D eigenvalue weighted by atomic mass is 10.2. The zero-order chi connectivity index (χ0) is 20.6. The molecule has 0 unspecified atom stereocenters. The Morgan fingerprint density at radius 1 is 1.14 bits per heavy atom. The number of alkyl halides is 3. The summed E-state index contributed by atoms with van der Waals surface area (Å²) in [4.78, 5) is 23.6. The lowest BCUT2D eigenvalue weighted by Gasteiger charge is -2.04. The summed E-state index contributed by atoms with van der Waals surface area (Å²) in [7, 11) is 0. The third-order valence-electron chi connectivity index (χ3n) is 3.65. The van der Waals surface area contributed by atoms with Crippen LogP contribution in [-0.4, -0.2) is 20.9 Å². The van der Waals surface area contributed by atoms with Gasteiger partial charge in [-0.2, -0.15) is 22.5 Å². The molecule has 3 heterocycles. The average Bonchev–Trinajstić information content (AvgIpc) is 3.27. The Kier molecular flexibility index (Phi) is 4.62. The summed E-state index contributed by atoms with van der Waals surface area (Å²) < 4.78 is 56.8. The second kappa shape index (κ2) is 7.13. The van der Waals surface area contributed by atoms with Crippen LogP contribution in [0.1, 0.15) is 16.1 Å². The minimum Gasteiger partial charge on any atom is -0.423 e. The van der Waals surface area contributed by atoms with Gasteiger partial charge in [-0.1, -0.05) is 0 Å². The number of aromatic nitrogens is 3. The Morgan fingerprint density at radius 3 is 2.72 bits per heavy atom. The SMILES string of the molecule is O=C(Nc1ccnc(F)c1)c1csc(Nc2nc3cc(C(F)(F)F)ccc3o2)n1. The number of oxazole rings is 1. The monoisotopic (exact) mass is 423 g/mol. The van der Waals surface area contributed by atoms with Gasteiger partial charge in [0.15, 0.2) is 10.7 Å². The first kappa shape index (κ1) is 18.8. The number of hydrogen-bond acceptors (Lipinski definition) is 7. The summed E-state index contributed by atoms with van der Waals surface area (Å²) in [6.07, 6.45) is -3.29. The van der Waals surface area contributed by atoms with Crippen LogP contribution in [0.15, 0.2) is 46.3 Å². The number of benzene rings is 1. The Labute approximate surface area is 163 Å². The van der Waals surface area contributed by atoms with Crippen LogP contribution in [0.5, 0.6) is 0 Å². The second-order valence-electron chi connectivity index (χ2n) is 5.68. The molecular weight excluding hydrogens is 414 g/mol. The van der Waals surface area contributed by atoms with Crippen LogP contribution in [0.25, 0.3) is 11.1 Å². The lowest BCUT2D eigenvalue weighted by Crippen LogP contribution is -2.12. The molecule has 0 radical (unpaired) electrons. The standard InChI is InChI=1S/C17H9F4N5O2S/c18-13-6-9(3-4-22-13)23-14(27)11-7-29-16(25-11)26-15-24-10-5-8(17(19,20)21)1-2-12(10)28-15/h1-7H,(H,22,23,27)(H,24,25,26). The van der Waals surface area contributed by atoms with Gasteiger partial charge in [-0.05, 0) is 24.3 Å². The van der Waals surface area contributed by atoms with Gasteiger partial charge in [0.1, 0.15) is 11.2 Å². The van der Waals surface area contributed by atoms with Crippen molar-refractivity contribution in [1.82, 2.24) is 15.0 Å². The number of anilines is 3. The van der Waals surface area contributed by atoms with E-state index in [9.17, 15) is 22.4 Å². The van der Waals surface area contributed by atoms with Crippen molar-refractivity contribution in [3.05, 3.63) is 59.1 Å². The van der Waals surface area contributed by atoms with E-state index in [1.165, 1.54) is 23.7 Å². The highest BCUT2D eigenvalue weighted by molar-refractivity contribution is 7.14. The van der Waals surface area contributed by atoms with Gasteiger partial charge in [-0.3, -0.25) is 10.1 Å². The van der Waals surface area contributed by atoms with Gasteiger partial charge in [-0.15, -0.1) is 11.3 Å². The van der Waals surface area contributed by atoms with Gasteiger partial charge >= 0.3 is 12.2 Å². The quantitative estimate of drug-likeness (QED) is 0.361. The predicted molar refractivity (Wildman–Crippen MR) is 96.6 cm³/mol. The molecule has 0 fully saturated rings. The maximum absolute atomic E-state index is 13.1. The largest absolute Gasteiger partial charge is 0.423 e. The molecule has 4 rings (SSSR count). The number of pyridine rings is 1. The van der Waals surface area contributed by atoms with Gasteiger partial charge in [-0.25, -0.2) is 9.97 Å². The normalized spacial score (nSPS) is 11.6. The highest BCUT2D eigenvalue weighted by atomic mass is 32.1. The zero-order valence-corrected chi connectivity index (χ0v) is 14.9. The summed E-state index contributed by atoms with van der Waals surface area (Å²) in [5.74, 6) is -1.32. The molecule has 7 nitrogen and oxygen atoms in total. The molecule has 1 aromatic carbocycles. The van der Waals surface area contributed by atoms with Gasteiger partial charge in [0.2, 0.25) is 5.95 Å². The number of nitrogens with one attached hydrogen (secondary N) is 2. The minimum absolute atomic E-state index is 0.0246. The Balaban J connectivity index is 1.49. The van der Waals surface area contributed by atoms with Crippen molar-refractivity contribution in [2.24, 2.45) is 0 Å². The van der Waals surface area contributed by atoms with Gasteiger partial charge in [0, 0.05) is 23.3 Å². The molecule has 29 heavy (non-hydrogen) atoms. The predicted octanol–water partition coefficient (Wildman–Crippen LogP) is 4.83. The highest BCUT2D eigenvalue weighted by Crippen LogP contribution is 2.32. The Bertz CT molecular complexity index is 1200. The van der Waals surface area contributed by atoms with Crippen LogP contribution >= 0.6 is 11.3 Å². The van der Waals surface area contributed by atoms with E-state index in [-0.39, 0.29) is 33.6 Å². The minimum atomic E-state index is -4.49. The molecule has 4 aromatic rings. The maximum atomic E-state index is 13.1. The molecule has 0 spiro atoms. The van der Waals surface area contributed by atoms with E-state index in [4.69, 9.17) is 4.42 Å². The molecule has 0 atom stereocenters. The molecule has 0 aliphatic heterocycles. The van der Waals surface area contributed by atoms with E-state index in [1.54, 1.807) is 0 Å². The molecule has 12 heteroatoms. The van der Waals surface area contributed by atoms with Gasteiger partial charge in [0.25, 0.3) is 5.91 Å². The molecule has 2 N–H and O–H groups in total. The summed E-state index contributed by atoms with van der Waals surface area (Å²) in [6, 6.07) is 5.34. The maximum Gasteiger partial charge on any atom is 0.416 e. The van der Waals surface area contributed by atoms with E-state index in [0.717, 1.165) is 29.5 Å². The van der Waals surface area contributed by atoms with Crippen LogP contribution in [0.2, 0.25) is 0 Å². The van der Waals surface area contributed by atoms with Crippen molar-refractivity contribution in [3.63, 3.8) is 0 Å². The van der Waals surface area contributed by atoms with Crippen molar-refractivity contribution >= 4 is 45.2 Å². The third kappa shape index (κ3) is 4.16. The van der Waals surface area contributed by atoms with Crippen LogP contribution in [-0.2, 0) is 6.18 Å². The van der Waals surface area contributed by atoms with Crippen molar-refractivity contribution in [3.8, 4) is 0 Å². The van der Waals surface area contributed by atoms with Crippen molar-refractivity contribution in [2.45, 2.75) is 6.18 Å². The molecule has 0 bridgehead atoms. The molecule has 0 saturated heterocycles. The number of nitrogens with zero attached hydrogens (tertiary/aromatic N) is 3. The Hall–Kier alpha value is -3.54. The van der Waals surface area contributed by atoms with E-state index < -0.39 is 23.6 Å². The van der Waals surface area contributed by atoms with E-state index in [0.29, 0.717) is 0 Å².